The maximum absolute atomic E-state index is 12.9. The van der Waals surface area contributed by atoms with Crippen molar-refractivity contribution in [1.82, 2.24) is 9.97 Å². The second-order valence-electron chi connectivity index (χ2n) is 5.69. The minimum Gasteiger partial charge on any atom is -0.487 e. The molecular formula is C19H14ClFN4O3. The van der Waals surface area contributed by atoms with E-state index >= 15 is 0 Å². The van der Waals surface area contributed by atoms with E-state index in [2.05, 4.69) is 15.3 Å². The molecule has 1 aromatic carbocycles. The fourth-order valence-electron chi connectivity index (χ4n) is 2.27. The first kappa shape index (κ1) is 19.2. The van der Waals surface area contributed by atoms with E-state index in [-0.39, 0.29) is 17.7 Å². The van der Waals surface area contributed by atoms with Crippen LogP contribution in [0.5, 0.6) is 5.75 Å². The van der Waals surface area contributed by atoms with Crippen LogP contribution in [0.25, 0.3) is 0 Å². The highest BCUT2D eigenvalue weighted by Crippen LogP contribution is 2.23. The van der Waals surface area contributed by atoms with Gasteiger partial charge in [0.1, 0.15) is 12.4 Å². The summed E-state index contributed by atoms with van der Waals surface area (Å²) in [6, 6.07) is 8.77. The Hall–Kier alpha value is -3.52. The number of nitrogens with one attached hydrogen (secondary N) is 1. The van der Waals surface area contributed by atoms with Crippen LogP contribution in [0, 0.1) is 5.95 Å². The Kier molecular flexibility index (Phi) is 5.81. The van der Waals surface area contributed by atoms with Gasteiger partial charge in [-0.05, 0) is 36.4 Å². The van der Waals surface area contributed by atoms with Crippen molar-refractivity contribution in [2.75, 3.05) is 5.32 Å². The topological polar surface area (TPSA) is 107 Å². The lowest BCUT2D eigenvalue weighted by Crippen LogP contribution is -2.13. The molecule has 2 amide bonds. The van der Waals surface area contributed by atoms with Gasteiger partial charge in [0.15, 0.2) is 0 Å². The molecule has 0 saturated carbocycles. The Morgan fingerprint density at radius 2 is 1.93 bits per heavy atom. The number of primary amides is 1. The summed E-state index contributed by atoms with van der Waals surface area (Å²) < 4.78 is 18.5. The van der Waals surface area contributed by atoms with Crippen LogP contribution in [-0.2, 0) is 6.61 Å². The quantitative estimate of drug-likeness (QED) is 0.618. The van der Waals surface area contributed by atoms with Crippen LogP contribution in [0.15, 0.2) is 55.0 Å². The van der Waals surface area contributed by atoms with Gasteiger partial charge in [0, 0.05) is 28.7 Å². The maximum Gasteiger partial charge on any atom is 0.257 e. The summed E-state index contributed by atoms with van der Waals surface area (Å²) in [7, 11) is 0. The van der Waals surface area contributed by atoms with Crippen molar-refractivity contribution in [2.24, 2.45) is 5.73 Å². The predicted molar refractivity (Wildman–Crippen MR) is 101 cm³/mol. The first-order valence-electron chi connectivity index (χ1n) is 8.01. The first-order chi connectivity index (χ1) is 13.4. The van der Waals surface area contributed by atoms with Gasteiger partial charge in [0.05, 0.1) is 17.3 Å². The minimum atomic E-state index is -0.669. The zero-order valence-electron chi connectivity index (χ0n) is 14.4. The molecule has 0 atom stereocenters. The number of carbonyl (C=O) groups excluding carboxylic acids is 2. The lowest BCUT2D eigenvalue weighted by molar-refractivity contribution is 0.0996. The molecule has 3 rings (SSSR count). The van der Waals surface area contributed by atoms with Crippen LogP contribution < -0.4 is 15.8 Å². The van der Waals surface area contributed by atoms with Crippen LogP contribution in [-0.4, -0.2) is 21.8 Å². The van der Waals surface area contributed by atoms with Gasteiger partial charge in [0.25, 0.3) is 5.91 Å². The maximum atomic E-state index is 12.9. The van der Waals surface area contributed by atoms with Gasteiger partial charge in [-0.3, -0.25) is 14.6 Å². The molecule has 142 valence electrons. The summed E-state index contributed by atoms with van der Waals surface area (Å²) in [6.45, 7) is 0.0740. The summed E-state index contributed by atoms with van der Waals surface area (Å²) in [5, 5.41) is 3.11. The number of ether oxygens (including phenoxy) is 1. The molecule has 7 nitrogen and oxygen atoms in total. The fraction of sp³-hybridized carbons (Fsp3) is 0.0526. The van der Waals surface area contributed by atoms with Crippen molar-refractivity contribution in [2.45, 2.75) is 6.61 Å². The predicted octanol–water partition coefficient (Wildman–Crippen LogP) is 3.20. The van der Waals surface area contributed by atoms with E-state index in [0.717, 1.165) is 12.3 Å². The van der Waals surface area contributed by atoms with Gasteiger partial charge in [-0.15, -0.1) is 0 Å². The smallest absolute Gasteiger partial charge is 0.257 e. The van der Waals surface area contributed by atoms with E-state index in [1.165, 1.54) is 24.5 Å². The number of benzene rings is 1. The molecule has 2 heterocycles. The average molecular weight is 401 g/mol. The number of rotatable bonds is 6. The molecule has 28 heavy (non-hydrogen) atoms. The van der Waals surface area contributed by atoms with E-state index in [1.807, 2.05) is 0 Å². The molecule has 0 aliphatic heterocycles. The lowest BCUT2D eigenvalue weighted by atomic mass is 10.2. The van der Waals surface area contributed by atoms with Crippen LogP contribution in [0.3, 0.4) is 0 Å². The normalized spacial score (nSPS) is 10.4. The Morgan fingerprint density at radius 1 is 1.11 bits per heavy atom. The Bertz CT molecular complexity index is 1030. The number of carbonyl (C=O) groups is 2. The van der Waals surface area contributed by atoms with Crippen LogP contribution in [0.4, 0.5) is 10.1 Å². The van der Waals surface area contributed by atoms with E-state index in [1.54, 1.807) is 18.2 Å². The van der Waals surface area contributed by atoms with Gasteiger partial charge < -0.3 is 15.8 Å². The number of hydrogen-bond acceptors (Lipinski definition) is 5. The molecule has 0 spiro atoms. The Morgan fingerprint density at radius 3 is 2.64 bits per heavy atom. The molecular weight excluding hydrogens is 387 g/mol. The van der Waals surface area contributed by atoms with Crippen molar-refractivity contribution in [3.8, 4) is 5.75 Å². The third-order valence-corrected chi connectivity index (χ3v) is 4.05. The highest BCUT2D eigenvalue weighted by molar-refractivity contribution is 6.31. The highest BCUT2D eigenvalue weighted by Gasteiger charge is 2.10. The number of pyridine rings is 2. The number of anilines is 1. The van der Waals surface area contributed by atoms with Gasteiger partial charge in [-0.2, -0.15) is 4.39 Å². The van der Waals surface area contributed by atoms with Gasteiger partial charge in [-0.25, -0.2) is 4.98 Å². The standard InChI is InChI=1S/C19H14ClFN4O3/c20-16-3-2-14(25-19(27)11-1-4-17(21)24-8-11)5-13(16)10-28-15-6-12(18(22)26)7-23-9-15/h1-9H,10H2,(H2,22,26)(H,25,27). The second-order valence-corrected chi connectivity index (χ2v) is 6.10. The molecule has 3 N–H and O–H groups in total. The molecule has 0 aliphatic rings. The van der Waals surface area contributed by atoms with E-state index in [4.69, 9.17) is 22.1 Å². The van der Waals surface area contributed by atoms with Crippen molar-refractivity contribution >= 4 is 29.1 Å². The number of amides is 2. The first-order valence-corrected chi connectivity index (χ1v) is 8.39. The van der Waals surface area contributed by atoms with Crippen LogP contribution in [0.1, 0.15) is 26.3 Å². The molecule has 0 saturated heterocycles. The Balaban J connectivity index is 1.71. The molecule has 9 heteroatoms. The lowest BCUT2D eigenvalue weighted by Gasteiger charge is -2.11. The van der Waals surface area contributed by atoms with Gasteiger partial charge in [0.2, 0.25) is 11.9 Å². The number of halogens is 2. The van der Waals surface area contributed by atoms with Gasteiger partial charge >= 0.3 is 0 Å². The monoisotopic (exact) mass is 400 g/mol. The summed E-state index contributed by atoms with van der Waals surface area (Å²) >= 11 is 6.18. The average Bonchev–Trinajstić information content (AvgIpc) is 2.69. The van der Waals surface area contributed by atoms with Crippen LogP contribution in [0.2, 0.25) is 5.02 Å². The number of nitrogens with two attached hydrogens (primary N) is 1. The summed E-state index contributed by atoms with van der Waals surface area (Å²) in [5.74, 6) is -1.38. The second kappa shape index (κ2) is 8.45. The molecule has 0 unspecified atom stereocenters. The van der Waals surface area contributed by atoms with Gasteiger partial charge in [-0.1, -0.05) is 11.6 Å². The number of aromatic nitrogens is 2. The zero-order valence-corrected chi connectivity index (χ0v) is 15.1. The largest absolute Gasteiger partial charge is 0.487 e. The van der Waals surface area contributed by atoms with E-state index in [0.29, 0.717) is 22.0 Å². The fourth-order valence-corrected chi connectivity index (χ4v) is 2.44. The molecule has 2 aromatic heterocycles. The zero-order chi connectivity index (χ0) is 20.1. The van der Waals surface area contributed by atoms with Crippen LogP contribution >= 0.6 is 11.6 Å². The van der Waals surface area contributed by atoms with E-state index < -0.39 is 17.8 Å². The number of hydrogen-bond donors (Lipinski definition) is 2. The third-order valence-electron chi connectivity index (χ3n) is 3.69. The molecule has 0 aliphatic carbocycles. The third kappa shape index (κ3) is 4.80. The highest BCUT2D eigenvalue weighted by atomic mass is 35.5. The number of nitrogens with zero attached hydrogens (tertiary/aromatic N) is 2. The molecule has 0 fully saturated rings. The van der Waals surface area contributed by atoms with Crippen molar-refractivity contribution < 1.29 is 18.7 Å². The SMILES string of the molecule is NC(=O)c1cncc(OCc2cc(NC(=O)c3ccc(F)nc3)ccc2Cl)c1. The van der Waals surface area contributed by atoms with Crippen molar-refractivity contribution in [3.05, 3.63) is 82.6 Å². The molecule has 0 bridgehead atoms. The summed E-state index contributed by atoms with van der Waals surface area (Å²) in [6.07, 6.45) is 3.92. The van der Waals surface area contributed by atoms with Crippen molar-refractivity contribution in [1.29, 1.82) is 0 Å². The Labute approximate surface area is 164 Å². The molecule has 0 radical (unpaired) electrons. The summed E-state index contributed by atoms with van der Waals surface area (Å²) in [5.41, 5.74) is 6.72. The minimum absolute atomic E-state index is 0.0740. The van der Waals surface area contributed by atoms with Crippen molar-refractivity contribution in [3.63, 3.8) is 0 Å². The molecule has 3 aromatic rings. The van der Waals surface area contributed by atoms with E-state index in [9.17, 15) is 14.0 Å². The summed E-state index contributed by atoms with van der Waals surface area (Å²) in [4.78, 5) is 30.8.